The molecule has 0 fully saturated rings. The second-order valence-electron chi connectivity index (χ2n) is 18.4. The largest absolute Gasteiger partial charge is 0.356 e. The highest BCUT2D eigenvalue weighted by Gasteiger charge is 2.35. The van der Waals surface area contributed by atoms with Crippen LogP contribution in [0.25, 0.3) is 49.7 Å². The normalized spacial score (nSPS) is 9.43. The SMILES string of the molecule is CC1(C)c2ccccc2-c2ccc(Nc3ccc(-c4ccc5c(c4)c4ccccc4n5-c4ccccc4)cc3)cc21.S=S=S=S=S=S=S=S=S=S=S=S=S=S=S=S=S=S=S=S=S=S=S=S=S=S=S=S=S=S=S=S=S=S=S=S=S=S=S=S=S=S=S=S=S=S=S=S=S=S=S=S=S=S=S=S=S=S=S=S=S=S=S=S=S=S=S=S=S=S=S=S=S=S=S=S=S=S=S=S=S=S=S=S=S=S=S=S=S=S=S=S=S=S=S=S=S=S=S=S=S=S=S. The Labute approximate surface area is 1130 Å². The van der Waals surface area contributed by atoms with Gasteiger partial charge in [0.1, 0.15) is 0 Å². The Balaban J connectivity index is 0.000000554. The van der Waals surface area contributed by atoms with Crippen LogP contribution in [0.2, 0.25) is 0 Å². The summed E-state index contributed by atoms with van der Waals surface area (Å²) in [6, 6.07) is 50.5. The van der Waals surface area contributed by atoms with Crippen molar-refractivity contribution in [1.29, 1.82) is 0 Å². The Morgan fingerprint density at radius 1 is 0.174 bits per heavy atom. The minimum atomic E-state index is -0.00421. The molecule has 1 aliphatic carbocycles. The van der Waals surface area contributed by atoms with E-state index in [1.54, 1.807) is 107 Å². The van der Waals surface area contributed by atoms with Crippen molar-refractivity contribution in [1.82, 2.24) is 4.57 Å². The number of aromatic nitrogens is 1. The first kappa shape index (κ1) is 148. The molecule has 6 aromatic carbocycles. The van der Waals surface area contributed by atoms with E-state index in [0.717, 1.165) is 11.4 Å². The second kappa shape index (κ2) is 113. The molecule has 144 heavy (non-hydrogen) atoms. The third-order valence-corrected chi connectivity index (χ3v) is 234. The van der Waals surface area contributed by atoms with E-state index >= 15 is 0 Å². The van der Waals surface area contributed by atoms with E-state index in [9.17, 15) is 0 Å². The maximum Gasteiger partial charge on any atom is 0.0541 e. The number of hydrogen-bond acceptors (Lipinski definition) is 3. The molecule has 814 valence electrons. The van der Waals surface area contributed by atoms with Crippen LogP contribution in [0.1, 0.15) is 25.0 Å². The zero-order valence-electron chi connectivity index (χ0n) is 65.3. The highest BCUT2D eigenvalue weighted by molar-refractivity contribution is 8.88. The van der Waals surface area contributed by atoms with Gasteiger partial charge in [-0.1, -0.05) is 98.8 Å². The summed E-state index contributed by atoms with van der Waals surface area (Å²) < 4.78 is 2.36. The van der Waals surface area contributed by atoms with Crippen molar-refractivity contribution < 1.29 is 0 Å². The number of nitrogens with zero attached hydrogens (tertiary/aromatic N) is 1. The minimum Gasteiger partial charge on any atom is -0.356 e. The lowest BCUT2D eigenvalue weighted by Crippen LogP contribution is -2.15. The van der Waals surface area contributed by atoms with Crippen molar-refractivity contribution in [2.45, 2.75) is 19.3 Å². The molecule has 0 bridgehead atoms. The number of fused-ring (bicyclic) bond motifs is 6. The van der Waals surface area contributed by atoms with Gasteiger partial charge in [-0.2, -0.15) is 0 Å². The van der Waals surface area contributed by atoms with Crippen molar-refractivity contribution >= 4 is 952 Å². The Morgan fingerprint density at radius 3 is 0.646 bits per heavy atom. The molecule has 1 N–H and O–H groups in total. The van der Waals surface area contributed by atoms with E-state index < -0.39 is 0 Å². The molecule has 1 heterocycles. The van der Waals surface area contributed by atoms with E-state index in [-0.39, 0.29) is 5.41 Å². The van der Waals surface area contributed by atoms with Gasteiger partial charge in [0.05, 0.1) is 11.0 Å². The van der Waals surface area contributed by atoms with Crippen LogP contribution in [0.5, 0.6) is 0 Å². The summed E-state index contributed by atoms with van der Waals surface area (Å²) in [6.45, 7) is 4.65. The molecule has 0 radical (unpaired) electrons. The van der Waals surface area contributed by atoms with Crippen LogP contribution in [-0.4, -0.2) is 4.57 Å². The minimum absolute atomic E-state index is 0.00421. The van der Waals surface area contributed by atoms with E-state index in [2.05, 4.69) is 163 Å². The molecule has 0 saturated heterocycles. The number of rotatable bonds is 4. The standard InChI is InChI=1S/C39H30N2.S103/c1-39(2)35-14-8-6-12-31(35)32-22-21-29(25-36(32)39)40-28-19-16-26(17-20-28)27-18-23-38-34(24-27)33-13-7-9-15-37(33)41(38)30-10-4-3-5-11-30;1-3-5-7-9-11-13-15-17-19-21-23-25-27-29-31-33-35-37-39-41-43-45-47-49-51-53-55-57-59-61-63-65-67-69-71-73-75-77-79-81-83-85-87-89-91-93-95-97-99-101-103-102-100-98-96-94-92-90-88-86-84-82-80-78-76-74-72-70-68-66-64-62-60-58-56-54-52-50-48-46-44-42-40-38-36-34-32-30-28-26-24-22-20-18-16-14-12-10-8-6-4-2/h3-25,40H,1-2H3;. The summed E-state index contributed by atoms with van der Waals surface area (Å²) >= 11 is 9.66. The molecular weight excluding hydrogens is 3800 g/mol. The van der Waals surface area contributed by atoms with Gasteiger partial charge >= 0.3 is 0 Å². The molecule has 0 aliphatic heterocycles. The van der Waals surface area contributed by atoms with Crippen LogP contribution in [0.15, 0.2) is 140 Å². The van der Waals surface area contributed by atoms with E-state index in [4.69, 9.17) is 22.4 Å². The highest BCUT2D eigenvalue weighted by Crippen LogP contribution is 2.49. The lowest BCUT2D eigenvalue weighted by Gasteiger charge is -2.22. The predicted octanol–water partition coefficient (Wildman–Crippen LogP) is 10.3. The maximum absolute atomic E-state index is 4.83. The van der Waals surface area contributed by atoms with Gasteiger partial charge < -0.3 is 9.88 Å². The van der Waals surface area contributed by atoms with Crippen LogP contribution in [0, 0.1) is 0 Å². The smallest absolute Gasteiger partial charge is 0.0541 e. The molecule has 105 heteroatoms. The lowest BCUT2D eigenvalue weighted by atomic mass is 9.82. The van der Waals surface area contributed by atoms with Crippen LogP contribution in [0.4, 0.5) is 11.4 Å². The molecule has 0 saturated carbocycles. The first-order valence-corrected chi connectivity index (χ1v) is 167. The molecule has 0 unspecified atom stereocenters. The number of anilines is 2. The van der Waals surface area contributed by atoms with E-state index in [0.29, 0.717) is 0 Å². The Bertz CT molecular complexity index is 11000. The average molecular weight is 3830 g/mol. The van der Waals surface area contributed by atoms with Gasteiger partial charge in [-0.3, -0.25) is 0 Å². The third kappa shape index (κ3) is 80.3. The molecule has 0 amide bonds. The Hall–Kier alpha value is 17.6. The van der Waals surface area contributed by atoms with Crippen molar-refractivity contribution in [2.75, 3.05) is 5.32 Å². The van der Waals surface area contributed by atoms with Crippen LogP contribution in [-0.2, 0) is 925 Å². The monoisotopic (exact) mass is 3820 g/mol. The second-order valence-corrected chi connectivity index (χ2v) is 197. The van der Waals surface area contributed by atoms with Gasteiger partial charge in [0, 0.05) is 953 Å². The number of nitrogens with one attached hydrogen (secondary N) is 1. The number of para-hydroxylation sites is 2. The molecule has 1 aliphatic rings. The Kier molecular flexibility index (Phi) is 116. The number of benzene rings is 6. The first-order chi connectivity index (χ1) is 71.5. The topological polar surface area (TPSA) is 17.0 Å². The molecule has 2 nitrogen and oxygen atoms in total. The molecule has 0 spiro atoms. The summed E-state index contributed by atoms with van der Waals surface area (Å²) in [5.41, 5.74) is 13.7. The fourth-order valence-electron chi connectivity index (χ4n) is 7.83. The fourth-order valence-corrected chi connectivity index (χ4v) is 280. The maximum atomic E-state index is 4.83. The predicted molar refractivity (Wildman–Crippen MR) is 932 cm³/mol. The van der Waals surface area contributed by atoms with Crippen molar-refractivity contribution in [3.8, 4) is 27.9 Å². The van der Waals surface area contributed by atoms with Crippen molar-refractivity contribution in [3.05, 3.63) is 151 Å². The zero-order chi connectivity index (χ0) is 101. The van der Waals surface area contributed by atoms with Gasteiger partial charge in [0.25, 0.3) is 0 Å². The van der Waals surface area contributed by atoms with Gasteiger partial charge in [0.2, 0.25) is 0 Å². The molecule has 1 aromatic heterocycles. The van der Waals surface area contributed by atoms with Gasteiger partial charge in [-0.15, -0.1) is 0 Å². The van der Waals surface area contributed by atoms with Crippen LogP contribution >= 0.6 is 0 Å². The number of hydrogen-bond donors (Lipinski definition) is 1. The van der Waals surface area contributed by atoms with Crippen molar-refractivity contribution in [3.63, 3.8) is 0 Å². The summed E-state index contributed by atoms with van der Waals surface area (Å²) in [4.78, 5) is 0. The van der Waals surface area contributed by atoms with Gasteiger partial charge in [-0.25, -0.2) is 0 Å². The van der Waals surface area contributed by atoms with E-state index in [1.165, 1.54) is 78.6 Å². The molecule has 0 atom stereocenters. The van der Waals surface area contributed by atoms with Crippen LogP contribution in [0.3, 0.4) is 0 Å². The zero-order valence-corrected chi connectivity index (χ0v) is 149. The molecular formula is C39H30N2S103. The van der Waals surface area contributed by atoms with Gasteiger partial charge in [0.15, 0.2) is 0 Å². The summed E-state index contributed by atoms with van der Waals surface area (Å²) in [6.07, 6.45) is 0. The average Bonchev–Trinajstić information content (AvgIpc) is 1.59. The summed E-state index contributed by atoms with van der Waals surface area (Å²) in [5, 5.41) is 6.19. The summed E-state index contributed by atoms with van der Waals surface area (Å²) in [5.74, 6) is 0. The highest BCUT2D eigenvalue weighted by atomic mass is 33.6. The third-order valence-electron chi connectivity index (χ3n) is 11.6. The van der Waals surface area contributed by atoms with Crippen LogP contribution < -0.4 is 5.32 Å². The molecule has 8 rings (SSSR count). The lowest BCUT2D eigenvalue weighted by molar-refractivity contribution is 0.660. The Morgan fingerprint density at radius 2 is 0.382 bits per heavy atom. The van der Waals surface area contributed by atoms with Gasteiger partial charge in [-0.05, 0) is 88.0 Å². The molecule has 7 aromatic rings. The quantitative estimate of drug-likeness (QED) is 0.189. The summed E-state index contributed by atoms with van der Waals surface area (Å²) in [7, 11) is 183. The first-order valence-electron chi connectivity index (χ1n) is 31.3. The fraction of sp³-hybridized carbons (Fsp3) is 0.0769. The van der Waals surface area contributed by atoms with Crippen molar-refractivity contribution in [2.24, 2.45) is 0 Å². The van der Waals surface area contributed by atoms with E-state index in [1.807, 2.05) is 773 Å².